The van der Waals surface area contributed by atoms with Crippen molar-refractivity contribution in [1.29, 1.82) is 0 Å². The smallest absolute Gasteiger partial charge is 0.262 e. The topological polar surface area (TPSA) is 31.2 Å². The van der Waals surface area contributed by atoms with Gasteiger partial charge in [-0.25, -0.2) is 0 Å². The summed E-state index contributed by atoms with van der Waals surface area (Å²) >= 11 is 0. The van der Waals surface area contributed by atoms with E-state index >= 15 is 0 Å². The summed E-state index contributed by atoms with van der Waals surface area (Å²) < 4.78 is 8.47. The van der Waals surface area contributed by atoms with Crippen molar-refractivity contribution in [3.8, 4) is 16.9 Å². The van der Waals surface area contributed by atoms with Crippen LogP contribution in [0.1, 0.15) is 16.7 Å². The van der Waals surface area contributed by atoms with Crippen LogP contribution in [-0.2, 0) is 7.05 Å². The Bertz CT molecular complexity index is 1580. The number of hydrogen-bond donors (Lipinski definition) is 0. The van der Waals surface area contributed by atoms with Crippen LogP contribution in [0.15, 0.2) is 114 Å². The maximum absolute atomic E-state index is 13.6. The molecule has 4 aromatic carbocycles. The van der Waals surface area contributed by atoms with Gasteiger partial charge in [-0.15, -0.1) is 0 Å². The molecule has 1 aliphatic heterocycles. The second kappa shape index (κ2) is 7.64. The maximum Gasteiger partial charge on any atom is 0.262 e. The van der Waals surface area contributed by atoms with Crippen LogP contribution in [0.4, 0.5) is 0 Å². The van der Waals surface area contributed by atoms with E-state index in [0.29, 0.717) is 11.3 Å². The van der Waals surface area contributed by atoms with Crippen molar-refractivity contribution in [3.05, 3.63) is 136 Å². The Hall–Kier alpha value is -4.37. The number of pyridine rings is 1. The molecule has 0 bridgehead atoms. The van der Waals surface area contributed by atoms with Gasteiger partial charge >= 0.3 is 0 Å². The van der Waals surface area contributed by atoms with Crippen molar-refractivity contribution in [2.45, 2.75) is 0 Å². The molecule has 0 amide bonds. The zero-order chi connectivity index (χ0) is 22.4. The number of benzene rings is 4. The van der Waals surface area contributed by atoms with E-state index in [0.717, 1.165) is 44.5 Å². The van der Waals surface area contributed by atoms with E-state index in [-0.39, 0.29) is 5.56 Å². The molecular weight excluding hydrogens is 406 g/mol. The third-order valence-corrected chi connectivity index (χ3v) is 6.24. The number of ether oxygens (including phenoxy) is 1. The molecule has 3 nitrogen and oxygen atoms in total. The third kappa shape index (κ3) is 3.01. The number of rotatable bonds is 3. The lowest BCUT2D eigenvalue weighted by Gasteiger charge is -2.27. The molecule has 0 atom stereocenters. The fraction of sp³-hybridized carbons (Fsp3) is 0.0333. The van der Waals surface area contributed by atoms with Crippen LogP contribution in [0.3, 0.4) is 0 Å². The summed E-state index contributed by atoms with van der Waals surface area (Å²) in [4.78, 5) is 13.6. The normalized spacial score (nSPS) is 12.6. The lowest BCUT2D eigenvalue weighted by Crippen LogP contribution is -2.22. The van der Waals surface area contributed by atoms with E-state index in [2.05, 4.69) is 18.2 Å². The van der Waals surface area contributed by atoms with Crippen molar-refractivity contribution in [2.75, 3.05) is 0 Å². The second-order valence-electron chi connectivity index (χ2n) is 8.17. The van der Waals surface area contributed by atoms with Crippen LogP contribution in [-0.4, -0.2) is 4.57 Å². The minimum atomic E-state index is -0.0728. The standard InChI is InChI=1S/C30H21NO2/c1-31-24-19-11-18-23-25(20-12-5-2-6-13-20)28(22-16-9-4-10-17-22)33-29(27(23)24)26(30(31)32)21-14-7-3-8-15-21/h2-19H,1H3. The zero-order valence-electron chi connectivity index (χ0n) is 18.2. The van der Waals surface area contributed by atoms with E-state index in [9.17, 15) is 4.79 Å². The number of nitrogens with zero attached hydrogens (tertiary/aromatic N) is 1. The van der Waals surface area contributed by atoms with E-state index < -0.39 is 0 Å². The second-order valence-corrected chi connectivity index (χ2v) is 8.17. The molecule has 6 rings (SSSR count). The first-order chi connectivity index (χ1) is 16.2. The first kappa shape index (κ1) is 19.3. The molecule has 33 heavy (non-hydrogen) atoms. The summed E-state index contributed by atoms with van der Waals surface area (Å²) in [6.45, 7) is 0. The van der Waals surface area contributed by atoms with Gasteiger partial charge in [0.25, 0.3) is 5.56 Å². The first-order valence-electron chi connectivity index (χ1n) is 11.0. The monoisotopic (exact) mass is 427 g/mol. The van der Waals surface area contributed by atoms with E-state index in [1.807, 2.05) is 98.0 Å². The van der Waals surface area contributed by atoms with Gasteiger partial charge in [-0.05, 0) is 22.8 Å². The summed E-state index contributed by atoms with van der Waals surface area (Å²) in [6, 6.07) is 36.3. The quantitative estimate of drug-likeness (QED) is 0.328. The van der Waals surface area contributed by atoms with Crippen molar-refractivity contribution < 1.29 is 4.74 Å². The van der Waals surface area contributed by atoms with Gasteiger partial charge in [0, 0.05) is 23.6 Å². The predicted octanol–water partition coefficient (Wildman–Crippen LogP) is 6.51. The van der Waals surface area contributed by atoms with Gasteiger partial charge in [-0.1, -0.05) is 103 Å². The molecule has 1 aliphatic rings. The Morgan fingerprint density at radius 3 is 1.85 bits per heavy atom. The fourth-order valence-corrected chi connectivity index (χ4v) is 4.69. The molecule has 0 N–H and O–H groups in total. The highest BCUT2D eigenvalue weighted by Gasteiger charge is 2.29. The molecule has 0 spiro atoms. The molecule has 0 radical (unpaired) electrons. The fourth-order valence-electron chi connectivity index (χ4n) is 4.69. The molecule has 3 heteroatoms. The Balaban J connectivity index is 1.78. The van der Waals surface area contributed by atoms with Crippen molar-refractivity contribution in [2.24, 2.45) is 7.05 Å². The van der Waals surface area contributed by atoms with Crippen LogP contribution in [0.25, 0.3) is 33.4 Å². The van der Waals surface area contributed by atoms with E-state index in [1.165, 1.54) is 0 Å². The van der Waals surface area contributed by atoms with Gasteiger partial charge in [0.1, 0.15) is 5.76 Å². The largest absolute Gasteiger partial charge is 0.454 e. The Kier molecular flexibility index (Phi) is 4.48. The predicted molar refractivity (Wildman–Crippen MR) is 134 cm³/mol. The lowest BCUT2D eigenvalue weighted by atomic mass is 9.88. The Labute approximate surface area is 191 Å². The summed E-state index contributed by atoms with van der Waals surface area (Å²) in [7, 11) is 1.83. The molecule has 158 valence electrons. The maximum atomic E-state index is 13.6. The van der Waals surface area contributed by atoms with Gasteiger partial charge in [0.2, 0.25) is 0 Å². The average molecular weight is 428 g/mol. The highest BCUT2D eigenvalue weighted by atomic mass is 16.5. The van der Waals surface area contributed by atoms with E-state index in [1.54, 1.807) is 4.57 Å². The summed E-state index contributed by atoms with van der Waals surface area (Å²) in [5.74, 6) is 1.38. The molecule has 5 aromatic rings. The number of hydrogen-bond acceptors (Lipinski definition) is 2. The molecule has 0 saturated carbocycles. The minimum absolute atomic E-state index is 0.0728. The van der Waals surface area contributed by atoms with Crippen molar-refractivity contribution in [1.82, 2.24) is 4.57 Å². The molecule has 0 unspecified atom stereocenters. The van der Waals surface area contributed by atoms with Gasteiger partial charge in [0.05, 0.1) is 11.1 Å². The molecule has 0 saturated heterocycles. The van der Waals surface area contributed by atoms with Crippen molar-refractivity contribution >= 4 is 22.2 Å². The number of aromatic nitrogens is 1. The van der Waals surface area contributed by atoms with Gasteiger partial charge < -0.3 is 9.30 Å². The first-order valence-corrected chi connectivity index (χ1v) is 11.0. The summed E-state index contributed by atoms with van der Waals surface area (Å²) in [5.41, 5.74) is 6.34. The number of aryl methyl sites for hydroxylation is 1. The molecule has 2 heterocycles. The van der Waals surface area contributed by atoms with Gasteiger partial charge in [0.15, 0.2) is 5.75 Å². The molecule has 0 fully saturated rings. The summed E-state index contributed by atoms with van der Waals surface area (Å²) in [6.07, 6.45) is 0. The van der Waals surface area contributed by atoms with Crippen LogP contribution in [0.2, 0.25) is 0 Å². The van der Waals surface area contributed by atoms with E-state index in [4.69, 9.17) is 4.74 Å². The average Bonchev–Trinajstić information content (AvgIpc) is 2.88. The Morgan fingerprint density at radius 1 is 0.636 bits per heavy atom. The zero-order valence-corrected chi connectivity index (χ0v) is 18.2. The minimum Gasteiger partial charge on any atom is -0.454 e. The van der Waals surface area contributed by atoms with Crippen LogP contribution >= 0.6 is 0 Å². The van der Waals surface area contributed by atoms with Crippen molar-refractivity contribution in [3.63, 3.8) is 0 Å². The highest BCUT2D eigenvalue weighted by Crippen LogP contribution is 2.47. The molecular formula is C30H21NO2. The van der Waals surface area contributed by atoms with Gasteiger partial charge in [-0.2, -0.15) is 0 Å². The van der Waals surface area contributed by atoms with Crippen LogP contribution in [0, 0.1) is 0 Å². The Morgan fingerprint density at radius 2 is 1.21 bits per heavy atom. The molecule has 0 aliphatic carbocycles. The summed E-state index contributed by atoms with van der Waals surface area (Å²) in [5, 5.41) is 0.956. The third-order valence-electron chi connectivity index (χ3n) is 6.24. The van der Waals surface area contributed by atoms with Crippen LogP contribution in [0.5, 0.6) is 5.75 Å². The van der Waals surface area contributed by atoms with Crippen LogP contribution < -0.4 is 10.3 Å². The lowest BCUT2D eigenvalue weighted by molar-refractivity contribution is 0.519. The highest BCUT2D eigenvalue weighted by molar-refractivity contribution is 6.11. The molecule has 1 aromatic heterocycles. The SMILES string of the molecule is Cn1c(=O)c(-c2ccccc2)c2c3c(cccc31)C(c1ccccc1)=C(c1ccccc1)O2. The van der Waals surface area contributed by atoms with Gasteiger partial charge in [-0.3, -0.25) is 4.79 Å².